The fourth-order valence-corrected chi connectivity index (χ4v) is 4.06. The topological polar surface area (TPSA) is 53.4 Å². The number of hydrogen-bond donors (Lipinski definition) is 1. The summed E-state index contributed by atoms with van der Waals surface area (Å²) in [6.45, 7) is 6.20. The van der Waals surface area contributed by atoms with Gasteiger partial charge in [0.15, 0.2) is 0 Å². The maximum atomic E-state index is 11.6. The Kier molecular flexibility index (Phi) is 4.27. The first-order valence-electron chi connectivity index (χ1n) is 7.47. The van der Waals surface area contributed by atoms with Gasteiger partial charge in [-0.05, 0) is 19.4 Å². The van der Waals surface area contributed by atoms with Crippen molar-refractivity contribution < 1.29 is 9.90 Å². The second-order valence-corrected chi connectivity index (χ2v) is 7.30. The Labute approximate surface area is 134 Å². The molecule has 5 heteroatoms. The third kappa shape index (κ3) is 3.05. The number of aliphatic carboxylic acids is 1. The molecule has 0 saturated carbocycles. The van der Waals surface area contributed by atoms with E-state index in [0.717, 1.165) is 29.4 Å². The number of carboxylic acid groups (broad SMARTS) is 1. The van der Waals surface area contributed by atoms with Crippen LogP contribution in [0.25, 0.3) is 0 Å². The maximum absolute atomic E-state index is 11.6. The number of aryl methyl sites for hydroxylation is 2. The lowest BCUT2D eigenvalue weighted by Gasteiger charge is -2.15. The van der Waals surface area contributed by atoms with Gasteiger partial charge >= 0.3 is 5.97 Å². The second-order valence-electron chi connectivity index (χ2n) is 5.89. The van der Waals surface area contributed by atoms with Gasteiger partial charge in [-0.15, -0.1) is 11.3 Å². The molecule has 0 bridgehead atoms. The molecule has 1 N–H and O–H groups in total. The molecule has 2 aromatic rings. The Balaban J connectivity index is 1.79. The van der Waals surface area contributed by atoms with Crippen LogP contribution in [0.15, 0.2) is 30.3 Å². The minimum absolute atomic E-state index is 0.0544. The molecule has 3 rings (SSSR count). The van der Waals surface area contributed by atoms with Gasteiger partial charge in [-0.2, -0.15) is 0 Å². The van der Waals surface area contributed by atoms with E-state index in [1.54, 1.807) is 11.3 Å². The number of rotatable bonds is 4. The zero-order valence-corrected chi connectivity index (χ0v) is 13.6. The molecule has 0 spiro atoms. The Morgan fingerprint density at radius 1 is 1.32 bits per heavy atom. The van der Waals surface area contributed by atoms with Gasteiger partial charge in [-0.3, -0.25) is 9.69 Å². The highest BCUT2D eigenvalue weighted by Crippen LogP contribution is 2.34. The summed E-state index contributed by atoms with van der Waals surface area (Å²) >= 11 is 1.70. The van der Waals surface area contributed by atoms with Gasteiger partial charge in [-0.25, -0.2) is 4.98 Å². The van der Waals surface area contributed by atoms with Gasteiger partial charge in [-0.1, -0.05) is 30.3 Å². The minimum atomic E-state index is -0.706. The first-order valence-corrected chi connectivity index (χ1v) is 8.29. The van der Waals surface area contributed by atoms with Crippen LogP contribution in [0.5, 0.6) is 0 Å². The molecule has 2 heterocycles. The summed E-state index contributed by atoms with van der Waals surface area (Å²) in [6.07, 6.45) is 0. The normalized spacial score (nSPS) is 22.1. The van der Waals surface area contributed by atoms with Crippen LogP contribution >= 0.6 is 11.3 Å². The maximum Gasteiger partial charge on any atom is 0.308 e. The molecule has 4 nitrogen and oxygen atoms in total. The van der Waals surface area contributed by atoms with Crippen molar-refractivity contribution in [2.75, 3.05) is 13.1 Å². The summed E-state index contributed by atoms with van der Waals surface area (Å²) in [6, 6.07) is 9.98. The first-order chi connectivity index (χ1) is 10.5. The fraction of sp³-hybridized carbons (Fsp3) is 0.412. The molecular formula is C17H20N2O2S. The van der Waals surface area contributed by atoms with Crippen LogP contribution in [-0.4, -0.2) is 34.0 Å². The minimum Gasteiger partial charge on any atom is -0.481 e. The van der Waals surface area contributed by atoms with Crippen molar-refractivity contribution in [2.24, 2.45) is 5.92 Å². The molecule has 116 valence electrons. The highest BCUT2D eigenvalue weighted by Gasteiger charge is 2.38. The first kappa shape index (κ1) is 15.2. The number of likely N-dealkylation sites (tertiary alicyclic amines) is 1. The smallest absolute Gasteiger partial charge is 0.308 e. The van der Waals surface area contributed by atoms with Crippen LogP contribution in [0.2, 0.25) is 0 Å². The Morgan fingerprint density at radius 3 is 2.64 bits per heavy atom. The summed E-state index contributed by atoms with van der Waals surface area (Å²) in [4.78, 5) is 19.6. The quantitative estimate of drug-likeness (QED) is 0.942. The van der Waals surface area contributed by atoms with Crippen molar-refractivity contribution >= 4 is 17.3 Å². The van der Waals surface area contributed by atoms with Gasteiger partial charge in [0.25, 0.3) is 0 Å². The van der Waals surface area contributed by atoms with E-state index in [9.17, 15) is 9.90 Å². The van der Waals surface area contributed by atoms with Crippen molar-refractivity contribution in [2.45, 2.75) is 26.3 Å². The van der Waals surface area contributed by atoms with Crippen LogP contribution in [0.1, 0.15) is 27.1 Å². The molecule has 1 aromatic heterocycles. The molecule has 0 radical (unpaired) electrons. The summed E-state index contributed by atoms with van der Waals surface area (Å²) in [7, 11) is 0. The van der Waals surface area contributed by atoms with Crippen molar-refractivity contribution in [3.8, 4) is 0 Å². The molecule has 22 heavy (non-hydrogen) atoms. The van der Waals surface area contributed by atoms with Gasteiger partial charge in [0.05, 0.1) is 16.6 Å². The van der Waals surface area contributed by atoms with Crippen molar-refractivity contribution in [1.82, 2.24) is 9.88 Å². The average Bonchev–Trinajstić information content (AvgIpc) is 3.04. The second kappa shape index (κ2) is 6.18. The van der Waals surface area contributed by atoms with Crippen LogP contribution < -0.4 is 0 Å². The number of nitrogens with zero attached hydrogens (tertiary/aromatic N) is 2. The van der Waals surface area contributed by atoms with Crippen molar-refractivity contribution in [3.05, 3.63) is 51.5 Å². The summed E-state index contributed by atoms with van der Waals surface area (Å²) in [5, 5.41) is 10.6. The Hall–Kier alpha value is -1.72. The van der Waals surface area contributed by atoms with Crippen LogP contribution in [0, 0.1) is 19.8 Å². The van der Waals surface area contributed by atoms with Crippen LogP contribution in [0.3, 0.4) is 0 Å². The average molecular weight is 316 g/mol. The van der Waals surface area contributed by atoms with Gasteiger partial charge in [0.1, 0.15) is 0 Å². The highest BCUT2D eigenvalue weighted by molar-refractivity contribution is 7.11. The lowest BCUT2D eigenvalue weighted by atomic mass is 9.89. The zero-order valence-electron chi connectivity index (χ0n) is 12.8. The monoisotopic (exact) mass is 316 g/mol. The van der Waals surface area contributed by atoms with E-state index in [1.165, 1.54) is 4.88 Å². The molecule has 1 aliphatic rings. The number of thiazole rings is 1. The highest BCUT2D eigenvalue weighted by atomic mass is 32.1. The Morgan fingerprint density at radius 2 is 2.05 bits per heavy atom. The standard InChI is InChI=1S/C17H20N2O2S/c1-11-16(18-12(2)22-11)10-19-8-14(15(9-19)17(20)21)13-6-4-3-5-7-13/h3-7,14-15H,8-10H2,1-2H3,(H,20,21)/t14-,15-/m1/s1. The number of carboxylic acids is 1. The zero-order chi connectivity index (χ0) is 15.7. The summed E-state index contributed by atoms with van der Waals surface area (Å²) in [5.41, 5.74) is 2.20. The SMILES string of the molecule is Cc1nc(CN2C[C@H](c3ccccc3)[C@H](C(=O)O)C2)c(C)s1. The van der Waals surface area contributed by atoms with E-state index in [2.05, 4.69) is 16.8 Å². The number of carbonyl (C=O) groups is 1. The van der Waals surface area contributed by atoms with Gasteiger partial charge in [0, 0.05) is 30.4 Å². The summed E-state index contributed by atoms with van der Waals surface area (Å²) in [5.74, 6) is -0.997. The van der Waals surface area contributed by atoms with E-state index >= 15 is 0 Å². The number of hydrogen-bond acceptors (Lipinski definition) is 4. The molecule has 2 atom stereocenters. The molecule has 0 aliphatic carbocycles. The molecule has 1 aliphatic heterocycles. The van der Waals surface area contributed by atoms with Crippen molar-refractivity contribution in [3.63, 3.8) is 0 Å². The van der Waals surface area contributed by atoms with E-state index in [0.29, 0.717) is 6.54 Å². The molecule has 1 saturated heterocycles. The number of benzene rings is 1. The van der Waals surface area contributed by atoms with Crippen molar-refractivity contribution in [1.29, 1.82) is 0 Å². The molecule has 0 amide bonds. The van der Waals surface area contributed by atoms with E-state index in [1.807, 2.05) is 37.3 Å². The summed E-state index contributed by atoms with van der Waals surface area (Å²) < 4.78 is 0. The van der Waals surface area contributed by atoms with Crippen LogP contribution in [-0.2, 0) is 11.3 Å². The van der Waals surface area contributed by atoms with E-state index in [4.69, 9.17) is 0 Å². The third-order valence-electron chi connectivity index (χ3n) is 4.31. The molecule has 1 fully saturated rings. The fourth-order valence-electron chi connectivity index (χ4n) is 3.23. The lowest BCUT2D eigenvalue weighted by Crippen LogP contribution is -2.23. The predicted octanol–water partition coefficient (Wildman–Crippen LogP) is 3.06. The third-order valence-corrected chi connectivity index (χ3v) is 5.24. The molecular weight excluding hydrogens is 296 g/mol. The predicted molar refractivity (Wildman–Crippen MR) is 87.2 cm³/mol. The largest absolute Gasteiger partial charge is 0.481 e. The molecule has 1 aromatic carbocycles. The Bertz CT molecular complexity index is 669. The van der Waals surface area contributed by atoms with Gasteiger partial charge < -0.3 is 5.11 Å². The number of aromatic nitrogens is 1. The van der Waals surface area contributed by atoms with E-state index < -0.39 is 5.97 Å². The van der Waals surface area contributed by atoms with Crippen LogP contribution in [0.4, 0.5) is 0 Å². The molecule has 0 unspecified atom stereocenters. The van der Waals surface area contributed by atoms with Gasteiger partial charge in [0.2, 0.25) is 0 Å². The lowest BCUT2D eigenvalue weighted by molar-refractivity contribution is -0.141. The van der Waals surface area contributed by atoms with E-state index in [-0.39, 0.29) is 11.8 Å².